The van der Waals surface area contributed by atoms with E-state index in [1.807, 2.05) is 32.0 Å². The fraction of sp³-hybridized carbons (Fsp3) is 0.471. The van der Waals surface area contributed by atoms with Gasteiger partial charge in [-0.1, -0.05) is 35.9 Å². The molecule has 0 saturated heterocycles. The number of carbonyl (C=O) groups is 1. The minimum Gasteiger partial charge on any atom is -0.372 e. The molecule has 0 saturated carbocycles. The summed E-state index contributed by atoms with van der Waals surface area (Å²) in [6.45, 7) is 7.30. The van der Waals surface area contributed by atoms with E-state index in [9.17, 15) is 4.79 Å². The number of ketones is 1. The van der Waals surface area contributed by atoms with Crippen molar-refractivity contribution in [1.82, 2.24) is 0 Å². The van der Waals surface area contributed by atoms with Crippen LogP contribution >= 0.6 is 0 Å². The summed E-state index contributed by atoms with van der Waals surface area (Å²) in [6, 6.07) is 10.1. The van der Waals surface area contributed by atoms with E-state index in [4.69, 9.17) is 4.74 Å². The molecule has 19 heavy (non-hydrogen) atoms. The van der Waals surface area contributed by atoms with Gasteiger partial charge in [-0.25, -0.2) is 0 Å². The molecule has 0 aromatic heterocycles. The van der Waals surface area contributed by atoms with Gasteiger partial charge in [0.05, 0.1) is 13.2 Å². The van der Waals surface area contributed by atoms with Gasteiger partial charge in [-0.3, -0.25) is 4.79 Å². The molecule has 0 heterocycles. The summed E-state index contributed by atoms with van der Waals surface area (Å²) in [4.78, 5) is 12.0. The summed E-state index contributed by atoms with van der Waals surface area (Å²) in [5.74, 6) is 0.330. The Morgan fingerprint density at radius 3 is 2.47 bits per heavy atom. The Morgan fingerprint density at radius 1 is 1.11 bits per heavy atom. The number of hydrogen-bond acceptors (Lipinski definition) is 2. The maximum absolute atomic E-state index is 12.0. The van der Waals surface area contributed by atoms with Crippen LogP contribution in [0.2, 0.25) is 0 Å². The smallest absolute Gasteiger partial charge is 0.142 e. The number of carbonyl (C=O) groups excluding carboxylic acids is 1. The molecule has 0 radical (unpaired) electrons. The minimum atomic E-state index is -0.362. The van der Waals surface area contributed by atoms with E-state index in [0.717, 1.165) is 6.42 Å². The molecule has 0 atom stereocenters. The van der Waals surface area contributed by atoms with Gasteiger partial charge in [-0.05, 0) is 38.3 Å². The molecule has 0 N–H and O–H groups in total. The van der Waals surface area contributed by atoms with Gasteiger partial charge in [0, 0.05) is 11.8 Å². The highest BCUT2D eigenvalue weighted by Gasteiger charge is 2.35. The molecule has 0 unspecified atom stereocenters. The second-order valence-electron chi connectivity index (χ2n) is 5.79. The van der Waals surface area contributed by atoms with E-state index in [0.29, 0.717) is 25.4 Å². The molecule has 1 aliphatic rings. The number of Topliss-reactive ketones (excluding diaryl/α,β-unsaturated/α-hetero) is 1. The van der Waals surface area contributed by atoms with Crippen molar-refractivity contribution in [2.75, 3.05) is 6.61 Å². The van der Waals surface area contributed by atoms with Crippen LogP contribution in [-0.2, 0) is 16.1 Å². The van der Waals surface area contributed by atoms with Crippen molar-refractivity contribution in [2.45, 2.75) is 40.2 Å². The van der Waals surface area contributed by atoms with Gasteiger partial charge in [-0.2, -0.15) is 0 Å². The molecule has 2 heteroatoms. The van der Waals surface area contributed by atoms with E-state index in [-0.39, 0.29) is 5.41 Å². The molecular formula is C17H22O2. The van der Waals surface area contributed by atoms with Crippen molar-refractivity contribution >= 4 is 5.78 Å². The second kappa shape index (κ2) is 5.70. The second-order valence-corrected chi connectivity index (χ2v) is 5.79. The van der Waals surface area contributed by atoms with Gasteiger partial charge in [0.25, 0.3) is 0 Å². The summed E-state index contributed by atoms with van der Waals surface area (Å²) >= 11 is 0. The number of benzene rings is 1. The fourth-order valence-electron chi connectivity index (χ4n) is 2.61. The quantitative estimate of drug-likeness (QED) is 0.765. The summed E-state index contributed by atoms with van der Waals surface area (Å²) in [7, 11) is 0. The molecule has 1 aromatic rings. The molecule has 0 amide bonds. The van der Waals surface area contributed by atoms with E-state index >= 15 is 0 Å². The summed E-state index contributed by atoms with van der Waals surface area (Å²) in [5.41, 5.74) is 3.29. The lowest BCUT2D eigenvalue weighted by Gasteiger charge is -2.33. The predicted molar refractivity (Wildman–Crippen MR) is 76.8 cm³/mol. The van der Waals surface area contributed by atoms with E-state index in [1.54, 1.807) is 0 Å². The standard InChI is InChI=1S/C17H22O2/c1-13-9-10-16(18)17(2,3)15(13)12-19-11-14-7-5-4-6-8-14/h4-8H,9-12H2,1-3H3. The van der Waals surface area contributed by atoms with Crippen molar-refractivity contribution in [3.63, 3.8) is 0 Å². The van der Waals surface area contributed by atoms with Crippen LogP contribution in [0, 0.1) is 5.41 Å². The SMILES string of the molecule is CC1=C(COCc2ccccc2)C(C)(C)C(=O)CC1. The van der Waals surface area contributed by atoms with Crippen molar-refractivity contribution in [3.05, 3.63) is 47.0 Å². The Labute approximate surface area is 115 Å². The van der Waals surface area contributed by atoms with Crippen molar-refractivity contribution < 1.29 is 9.53 Å². The molecule has 1 aliphatic carbocycles. The van der Waals surface area contributed by atoms with Crippen molar-refractivity contribution in [2.24, 2.45) is 5.41 Å². The van der Waals surface area contributed by atoms with Gasteiger partial charge in [0.1, 0.15) is 5.78 Å². The Kier molecular flexibility index (Phi) is 4.20. The molecular weight excluding hydrogens is 236 g/mol. The summed E-state index contributed by atoms with van der Waals surface area (Å²) < 4.78 is 5.80. The fourth-order valence-corrected chi connectivity index (χ4v) is 2.61. The third-order valence-electron chi connectivity index (χ3n) is 4.05. The summed E-state index contributed by atoms with van der Waals surface area (Å²) in [5, 5.41) is 0. The topological polar surface area (TPSA) is 26.3 Å². The monoisotopic (exact) mass is 258 g/mol. The normalized spacial score (nSPS) is 18.8. The molecule has 0 spiro atoms. The largest absolute Gasteiger partial charge is 0.372 e. The van der Waals surface area contributed by atoms with E-state index in [2.05, 4.69) is 19.1 Å². The van der Waals surface area contributed by atoms with Gasteiger partial charge in [-0.15, -0.1) is 0 Å². The zero-order chi connectivity index (χ0) is 13.9. The Morgan fingerprint density at radius 2 is 1.79 bits per heavy atom. The first-order chi connectivity index (χ1) is 9.01. The van der Waals surface area contributed by atoms with Gasteiger partial charge >= 0.3 is 0 Å². The Bertz CT molecular complexity index is 483. The lowest BCUT2D eigenvalue weighted by Crippen LogP contribution is -2.33. The van der Waals surface area contributed by atoms with Crippen LogP contribution in [-0.4, -0.2) is 12.4 Å². The average molecular weight is 258 g/mol. The maximum Gasteiger partial charge on any atom is 0.142 e. The zero-order valence-corrected chi connectivity index (χ0v) is 12.0. The molecule has 0 fully saturated rings. The highest BCUT2D eigenvalue weighted by atomic mass is 16.5. The molecule has 2 nitrogen and oxygen atoms in total. The van der Waals surface area contributed by atoms with Crippen LogP contribution in [0.1, 0.15) is 39.2 Å². The first kappa shape index (κ1) is 14.0. The van der Waals surface area contributed by atoms with Crippen molar-refractivity contribution in [3.8, 4) is 0 Å². The Balaban J connectivity index is 2.00. The molecule has 1 aromatic carbocycles. The zero-order valence-electron chi connectivity index (χ0n) is 12.0. The van der Waals surface area contributed by atoms with Crippen molar-refractivity contribution in [1.29, 1.82) is 0 Å². The predicted octanol–water partition coefficient (Wildman–Crippen LogP) is 3.91. The summed E-state index contributed by atoms with van der Waals surface area (Å²) in [6.07, 6.45) is 1.55. The van der Waals surface area contributed by atoms with Crippen LogP contribution in [0.5, 0.6) is 0 Å². The van der Waals surface area contributed by atoms with Crippen LogP contribution in [0.15, 0.2) is 41.5 Å². The van der Waals surface area contributed by atoms with Crippen LogP contribution in [0.4, 0.5) is 0 Å². The average Bonchev–Trinajstić information content (AvgIpc) is 2.40. The molecule has 0 bridgehead atoms. The minimum absolute atomic E-state index is 0.330. The van der Waals surface area contributed by atoms with Gasteiger partial charge in [0.15, 0.2) is 0 Å². The first-order valence-corrected chi connectivity index (χ1v) is 6.86. The number of ether oxygens (including phenoxy) is 1. The Hall–Kier alpha value is -1.41. The molecule has 102 valence electrons. The highest BCUT2D eigenvalue weighted by molar-refractivity contribution is 5.88. The van der Waals surface area contributed by atoms with Crippen LogP contribution < -0.4 is 0 Å². The van der Waals surface area contributed by atoms with E-state index in [1.165, 1.54) is 16.7 Å². The number of allylic oxidation sites excluding steroid dienone is 1. The van der Waals surface area contributed by atoms with Crippen LogP contribution in [0.3, 0.4) is 0 Å². The molecule has 0 aliphatic heterocycles. The maximum atomic E-state index is 12.0. The van der Waals surface area contributed by atoms with E-state index < -0.39 is 0 Å². The lowest BCUT2D eigenvalue weighted by molar-refractivity contribution is -0.126. The molecule has 2 rings (SSSR count). The van der Waals surface area contributed by atoms with Crippen LogP contribution in [0.25, 0.3) is 0 Å². The van der Waals surface area contributed by atoms with Gasteiger partial charge in [0.2, 0.25) is 0 Å². The number of hydrogen-bond donors (Lipinski definition) is 0. The highest BCUT2D eigenvalue weighted by Crippen LogP contribution is 2.37. The third-order valence-corrected chi connectivity index (χ3v) is 4.05. The first-order valence-electron chi connectivity index (χ1n) is 6.86. The number of rotatable bonds is 4. The lowest BCUT2D eigenvalue weighted by atomic mass is 9.72. The third kappa shape index (κ3) is 3.13. The van der Waals surface area contributed by atoms with Gasteiger partial charge < -0.3 is 4.74 Å².